The molecule has 1 aromatic rings. The van der Waals surface area contributed by atoms with Gasteiger partial charge >= 0.3 is 5.97 Å². The molecule has 0 saturated carbocycles. The molecule has 0 saturated heterocycles. The maximum Gasteiger partial charge on any atom is 0.326 e. The first-order chi connectivity index (χ1) is 11.5. The molecule has 0 spiro atoms. The number of rotatable bonds is 7. The van der Waals surface area contributed by atoms with E-state index >= 15 is 0 Å². The lowest BCUT2D eigenvalue weighted by Gasteiger charge is -2.17. The molecule has 6 nitrogen and oxygen atoms in total. The highest BCUT2D eigenvalue weighted by atomic mass is 32.2. The van der Waals surface area contributed by atoms with E-state index in [1.807, 2.05) is 18.2 Å². The predicted molar refractivity (Wildman–Crippen MR) is 91.8 cm³/mol. The Morgan fingerprint density at radius 3 is 2.62 bits per heavy atom. The summed E-state index contributed by atoms with van der Waals surface area (Å²) < 4.78 is 11.2. The summed E-state index contributed by atoms with van der Waals surface area (Å²) in [6, 6.07) is 4.88. The Bertz CT molecular complexity index is 590. The summed E-state index contributed by atoms with van der Waals surface area (Å²) >= 11 is 1.53. The average Bonchev–Trinajstić information content (AvgIpc) is 2.76. The maximum atomic E-state index is 11.9. The van der Waals surface area contributed by atoms with Gasteiger partial charge in [0.15, 0.2) is 11.5 Å². The Balaban J connectivity index is 1.82. The number of amides is 1. The molecule has 0 unspecified atom stereocenters. The van der Waals surface area contributed by atoms with Crippen molar-refractivity contribution in [1.82, 2.24) is 5.32 Å². The van der Waals surface area contributed by atoms with Crippen LogP contribution in [-0.2, 0) is 9.59 Å². The van der Waals surface area contributed by atoms with E-state index in [9.17, 15) is 9.59 Å². The van der Waals surface area contributed by atoms with Crippen molar-refractivity contribution in [1.29, 1.82) is 0 Å². The molecule has 1 aromatic carbocycles. The summed E-state index contributed by atoms with van der Waals surface area (Å²) in [4.78, 5) is 24.0. The molecular weight excluding hydrogens is 330 g/mol. The normalized spacial score (nSPS) is 14.8. The van der Waals surface area contributed by atoms with Gasteiger partial charge < -0.3 is 19.9 Å². The summed E-state index contributed by atoms with van der Waals surface area (Å²) in [5.74, 6) is 0.631. The lowest BCUT2D eigenvalue weighted by Crippen LogP contribution is -2.44. The van der Waals surface area contributed by atoms with E-state index in [2.05, 4.69) is 5.32 Å². The third kappa shape index (κ3) is 5.33. The predicted octanol–water partition coefficient (Wildman–Crippen LogP) is 2.56. The minimum atomic E-state index is -1.01. The third-order valence-corrected chi connectivity index (χ3v) is 4.56. The minimum absolute atomic E-state index is 0.152. The minimum Gasteiger partial charge on any atom is -0.490 e. The topological polar surface area (TPSA) is 84.9 Å². The zero-order valence-corrected chi connectivity index (χ0v) is 14.7. The van der Waals surface area contributed by atoms with Crippen LogP contribution in [0.25, 0.3) is 0 Å². The van der Waals surface area contributed by atoms with Crippen LogP contribution in [0.2, 0.25) is 0 Å². The number of benzene rings is 1. The number of hydrogen-bond donors (Lipinski definition) is 2. The SMILES string of the molecule is CC(C)[C@H](NC(=O)CCSc1ccc2c(c1)OCCCO2)C(=O)O. The van der Waals surface area contributed by atoms with E-state index in [1.54, 1.807) is 13.8 Å². The van der Waals surface area contributed by atoms with E-state index < -0.39 is 12.0 Å². The number of carbonyl (C=O) groups is 2. The van der Waals surface area contributed by atoms with Crippen molar-refractivity contribution in [2.45, 2.75) is 37.6 Å². The molecule has 0 aliphatic carbocycles. The van der Waals surface area contributed by atoms with Crippen LogP contribution in [0.4, 0.5) is 0 Å². The summed E-state index contributed by atoms with van der Waals surface area (Å²) in [5.41, 5.74) is 0. The van der Waals surface area contributed by atoms with Gasteiger partial charge in [0.05, 0.1) is 13.2 Å². The molecule has 0 radical (unpaired) electrons. The molecule has 1 amide bonds. The fourth-order valence-electron chi connectivity index (χ4n) is 2.25. The van der Waals surface area contributed by atoms with Gasteiger partial charge in [-0.05, 0) is 24.1 Å². The van der Waals surface area contributed by atoms with Crippen molar-refractivity contribution in [3.05, 3.63) is 18.2 Å². The van der Waals surface area contributed by atoms with Crippen LogP contribution >= 0.6 is 11.8 Å². The van der Waals surface area contributed by atoms with Crippen LogP contribution in [0, 0.1) is 5.92 Å². The van der Waals surface area contributed by atoms with Crippen molar-refractivity contribution in [2.24, 2.45) is 5.92 Å². The molecule has 1 atom stereocenters. The van der Waals surface area contributed by atoms with Gasteiger partial charge in [0.2, 0.25) is 5.91 Å². The average molecular weight is 353 g/mol. The highest BCUT2D eigenvalue weighted by Crippen LogP contribution is 2.33. The van der Waals surface area contributed by atoms with E-state index in [-0.39, 0.29) is 18.2 Å². The first kappa shape index (κ1) is 18.4. The number of carboxylic acids is 1. The van der Waals surface area contributed by atoms with E-state index in [0.717, 1.165) is 22.8 Å². The number of hydrogen-bond acceptors (Lipinski definition) is 5. The van der Waals surface area contributed by atoms with Gasteiger partial charge in [-0.15, -0.1) is 11.8 Å². The Labute approximate surface area is 145 Å². The van der Waals surface area contributed by atoms with Crippen molar-refractivity contribution < 1.29 is 24.2 Å². The van der Waals surface area contributed by atoms with E-state index in [1.165, 1.54) is 11.8 Å². The number of carbonyl (C=O) groups excluding carboxylic acids is 1. The molecule has 0 aromatic heterocycles. The summed E-state index contributed by atoms with van der Waals surface area (Å²) in [6.07, 6.45) is 1.12. The van der Waals surface area contributed by atoms with Gasteiger partial charge in [-0.3, -0.25) is 4.79 Å². The van der Waals surface area contributed by atoms with Gasteiger partial charge in [0.25, 0.3) is 0 Å². The van der Waals surface area contributed by atoms with E-state index in [4.69, 9.17) is 14.6 Å². The molecule has 1 aliphatic heterocycles. The smallest absolute Gasteiger partial charge is 0.326 e. The first-order valence-corrected chi connectivity index (χ1v) is 9.00. The fraction of sp³-hybridized carbons (Fsp3) is 0.529. The zero-order valence-electron chi connectivity index (χ0n) is 13.9. The molecule has 7 heteroatoms. The van der Waals surface area contributed by atoms with Crippen molar-refractivity contribution in [3.63, 3.8) is 0 Å². The Morgan fingerprint density at radius 2 is 1.96 bits per heavy atom. The highest BCUT2D eigenvalue weighted by Gasteiger charge is 2.23. The number of ether oxygens (including phenoxy) is 2. The number of aliphatic carboxylic acids is 1. The maximum absolute atomic E-state index is 11.9. The second kappa shape index (κ2) is 8.82. The summed E-state index contributed by atoms with van der Waals surface area (Å²) in [5, 5.41) is 11.6. The van der Waals surface area contributed by atoms with Crippen molar-refractivity contribution in [2.75, 3.05) is 19.0 Å². The number of carboxylic acid groups (broad SMARTS) is 1. The molecule has 24 heavy (non-hydrogen) atoms. The van der Waals surface area contributed by atoms with Crippen molar-refractivity contribution >= 4 is 23.6 Å². The van der Waals surface area contributed by atoms with Crippen LogP contribution in [-0.4, -0.2) is 42.0 Å². The number of fused-ring (bicyclic) bond motifs is 1. The van der Waals surface area contributed by atoms with Gasteiger partial charge in [0, 0.05) is 23.5 Å². The molecule has 2 rings (SSSR count). The molecule has 0 fully saturated rings. The molecule has 0 bridgehead atoms. The van der Waals surface area contributed by atoms with E-state index in [0.29, 0.717) is 19.0 Å². The molecular formula is C17H23NO5S. The monoisotopic (exact) mass is 353 g/mol. The summed E-state index contributed by atoms with van der Waals surface area (Å²) in [6.45, 7) is 4.83. The van der Waals surface area contributed by atoms with Crippen LogP contribution in [0.3, 0.4) is 0 Å². The van der Waals surface area contributed by atoms with Crippen LogP contribution in [0.15, 0.2) is 23.1 Å². The van der Waals surface area contributed by atoms with Crippen LogP contribution in [0.5, 0.6) is 11.5 Å². The fourth-order valence-corrected chi connectivity index (χ4v) is 3.13. The third-order valence-electron chi connectivity index (χ3n) is 3.57. The largest absolute Gasteiger partial charge is 0.490 e. The lowest BCUT2D eigenvalue weighted by atomic mass is 10.0. The quantitative estimate of drug-likeness (QED) is 0.733. The van der Waals surface area contributed by atoms with Crippen LogP contribution < -0.4 is 14.8 Å². The Kier molecular flexibility index (Phi) is 6.78. The highest BCUT2D eigenvalue weighted by molar-refractivity contribution is 7.99. The van der Waals surface area contributed by atoms with Crippen molar-refractivity contribution in [3.8, 4) is 11.5 Å². The number of thioether (sulfide) groups is 1. The Hall–Kier alpha value is -1.89. The first-order valence-electron chi connectivity index (χ1n) is 8.02. The molecule has 1 aliphatic rings. The molecule has 132 valence electrons. The van der Waals surface area contributed by atoms with Gasteiger partial charge in [0.1, 0.15) is 6.04 Å². The number of nitrogens with one attached hydrogen (secondary N) is 1. The van der Waals surface area contributed by atoms with Gasteiger partial charge in [-0.2, -0.15) is 0 Å². The second-order valence-electron chi connectivity index (χ2n) is 5.88. The second-order valence-corrected chi connectivity index (χ2v) is 7.05. The molecule has 1 heterocycles. The lowest BCUT2D eigenvalue weighted by molar-refractivity contribution is -0.143. The van der Waals surface area contributed by atoms with Gasteiger partial charge in [-0.1, -0.05) is 13.8 Å². The molecule has 2 N–H and O–H groups in total. The van der Waals surface area contributed by atoms with Crippen LogP contribution in [0.1, 0.15) is 26.7 Å². The zero-order chi connectivity index (χ0) is 17.5. The van der Waals surface area contributed by atoms with Gasteiger partial charge in [-0.25, -0.2) is 4.79 Å². The summed E-state index contributed by atoms with van der Waals surface area (Å²) in [7, 11) is 0. The Morgan fingerprint density at radius 1 is 1.25 bits per heavy atom. The standard InChI is InChI=1S/C17H23NO5S/c1-11(2)16(17(20)21)18-15(19)6-9-24-12-4-5-13-14(10-12)23-8-3-7-22-13/h4-5,10-11,16H,3,6-9H2,1-2H3,(H,18,19)(H,20,21)/t16-/m0/s1.